The summed E-state index contributed by atoms with van der Waals surface area (Å²) in [6.07, 6.45) is -5.83. The van der Waals surface area contributed by atoms with Crippen LogP contribution in [-0.4, -0.2) is 35.8 Å². The largest absolute Gasteiger partial charge is 0.465 e. The molecule has 1 N–H and O–H groups in total. The van der Waals surface area contributed by atoms with E-state index in [-0.39, 0.29) is 10.7 Å². The molecule has 9 heteroatoms. The molecule has 0 fully saturated rings. The Morgan fingerprint density at radius 1 is 1.48 bits per heavy atom. The lowest BCUT2D eigenvalue weighted by Gasteiger charge is -2.30. The van der Waals surface area contributed by atoms with Gasteiger partial charge in [0.25, 0.3) is 5.72 Å². The van der Waals surface area contributed by atoms with Crippen LogP contribution in [0.3, 0.4) is 0 Å². The van der Waals surface area contributed by atoms with Gasteiger partial charge >= 0.3 is 12.1 Å². The second-order valence-electron chi connectivity index (χ2n) is 4.29. The molecule has 1 aromatic rings. The van der Waals surface area contributed by atoms with Crippen molar-refractivity contribution in [2.24, 2.45) is 5.10 Å². The third kappa shape index (κ3) is 2.68. The zero-order valence-corrected chi connectivity index (χ0v) is 11.4. The molecule has 0 aliphatic carbocycles. The molecule has 114 valence electrons. The van der Waals surface area contributed by atoms with Gasteiger partial charge in [0.05, 0.1) is 24.2 Å². The zero-order chi connectivity index (χ0) is 15.8. The van der Waals surface area contributed by atoms with E-state index in [4.69, 9.17) is 11.6 Å². The number of ether oxygens (including phenoxy) is 1. The van der Waals surface area contributed by atoms with E-state index in [9.17, 15) is 23.1 Å². The van der Waals surface area contributed by atoms with Gasteiger partial charge in [-0.1, -0.05) is 23.7 Å². The molecule has 1 unspecified atom stereocenters. The van der Waals surface area contributed by atoms with Gasteiger partial charge in [-0.2, -0.15) is 18.3 Å². The lowest BCUT2D eigenvalue weighted by atomic mass is 10.1. The van der Waals surface area contributed by atoms with E-state index in [1.807, 2.05) is 0 Å². The van der Waals surface area contributed by atoms with Crippen LogP contribution in [0, 0.1) is 0 Å². The van der Waals surface area contributed by atoms with E-state index in [0.29, 0.717) is 5.01 Å². The predicted molar refractivity (Wildman–Crippen MR) is 69.0 cm³/mol. The highest BCUT2D eigenvalue weighted by Crippen LogP contribution is 2.39. The average molecular weight is 323 g/mol. The number of benzene rings is 1. The number of para-hydroxylation sites is 1. The summed E-state index contributed by atoms with van der Waals surface area (Å²) < 4.78 is 42.8. The highest BCUT2D eigenvalue weighted by atomic mass is 35.5. The molecule has 0 bridgehead atoms. The van der Waals surface area contributed by atoms with Gasteiger partial charge in [-0.05, 0) is 12.1 Å². The van der Waals surface area contributed by atoms with Gasteiger partial charge in [0.15, 0.2) is 0 Å². The third-order valence-corrected chi connectivity index (χ3v) is 3.22. The molecule has 2 rings (SSSR count). The number of carbonyl (C=O) groups is 1. The highest BCUT2D eigenvalue weighted by Gasteiger charge is 2.56. The summed E-state index contributed by atoms with van der Waals surface area (Å²) in [5, 5.41) is 14.2. The fourth-order valence-electron chi connectivity index (χ4n) is 1.90. The maximum atomic E-state index is 12.8. The predicted octanol–water partition coefficient (Wildman–Crippen LogP) is 2.33. The van der Waals surface area contributed by atoms with Crippen molar-refractivity contribution < 1.29 is 27.8 Å². The van der Waals surface area contributed by atoms with Crippen LogP contribution in [0.25, 0.3) is 0 Å². The summed E-state index contributed by atoms with van der Waals surface area (Å²) in [5.74, 6) is -1.26. The summed E-state index contributed by atoms with van der Waals surface area (Å²) >= 11 is 5.89. The number of esters is 1. The van der Waals surface area contributed by atoms with Gasteiger partial charge in [-0.25, -0.2) is 9.80 Å². The fourth-order valence-corrected chi connectivity index (χ4v) is 2.12. The van der Waals surface area contributed by atoms with Crippen LogP contribution in [0.4, 0.5) is 18.9 Å². The van der Waals surface area contributed by atoms with Crippen LogP contribution >= 0.6 is 11.6 Å². The second-order valence-corrected chi connectivity index (χ2v) is 4.70. The number of hydrogen-bond donors (Lipinski definition) is 1. The number of aliphatic hydroxyl groups is 1. The van der Waals surface area contributed by atoms with Crippen molar-refractivity contribution in [3.63, 3.8) is 0 Å². The molecule has 21 heavy (non-hydrogen) atoms. The quantitative estimate of drug-likeness (QED) is 0.849. The minimum absolute atomic E-state index is 0.0343. The number of alkyl halides is 3. The van der Waals surface area contributed by atoms with Gasteiger partial charge in [-0.3, -0.25) is 0 Å². The topological polar surface area (TPSA) is 62.1 Å². The molecule has 0 spiro atoms. The molecule has 1 heterocycles. The van der Waals surface area contributed by atoms with E-state index >= 15 is 0 Å². The molecule has 0 radical (unpaired) electrons. The highest BCUT2D eigenvalue weighted by molar-refractivity contribution is 6.33. The molecule has 0 aromatic heterocycles. The van der Waals surface area contributed by atoms with Crippen molar-refractivity contribution in [1.29, 1.82) is 0 Å². The van der Waals surface area contributed by atoms with Crippen LogP contribution in [-0.2, 0) is 9.53 Å². The number of nitrogens with zero attached hydrogens (tertiary/aromatic N) is 2. The van der Waals surface area contributed by atoms with E-state index in [0.717, 1.165) is 7.11 Å². The van der Waals surface area contributed by atoms with Crippen molar-refractivity contribution in [2.75, 3.05) is 12.1 Å². The minimum atomic E-state index is -4.78. The number of hydrazone groups is 1. The molecule has 5 nitrogen and oxygen atoms in total. The Hall–Kier alpha value is -1.80. The van der Waals surface area contributed by atoms with Crippen molar-refractivity contribution in [1.82, 2.24) is 0 Å². The summed E-state index contributed by atoms with van der Waals surface area (Å²) in [5.41, 5.74) is -3.92. The average Bonchev–Trinajstić information content (AvgIpc) is 2.77. The SMILES string of the molecule is COC(=O)C1(O)CC(C(F)(F)F)=NN1c1ccccc1Cl. The number of rotatable bonds is 2. The lowest BCUT2D eigenvalue weighted by Crippen LogP contribution is -2.51. The molecule has 0 amide bonds. The number of methoxy groups -OCH3 is 1. The number of hydrogen-bond acceptors (Lipinski definition) is 5. The van der Waals surface area contributed by atoms with Crippen molar-refractivity contribution in [2.45, 2.75) is 18.3 Å². The summed E-state index contributed by atoms with van der Waals surface area (Å²) in [6.45, 7) is 0. The Kier molecular flexibility index (Phi) is 3.85. The number of anilines is 1. The molecule has 1 atom stereocenters. The van der Waals surface area contributed by atoms with Crippen LogP contribution in [0.2, 0.25) is 5.02 Å². The lowest BCUT2D eigenvalue weighted by molar-refractivity contribution is -0.161. The Balaban J connectivity index is 2.54. The third-order valence-electron chi connectivity index (χ3n) is 2.91. The molecule has 1 aliphatic rings. The summed E-state index contributed by atoms with van der Waals surface area (Å²) in [6, 6.07) is 5.77. The van der Waals surface area contributed by atoms with Crippen molar-refractivity contribution in [3.05, 3.63) is 29.3 Å². The van der Waals surface area contributed by atoms with E-state index in [1.165, 1.54) is 18.2 Å². The number of carbonyl (C=O) groups excluding carboxylic acids is 1. The van der Waals surface area contributed by atoms with E-state index < -0.39 is 30.0 Å². The van der Waals surface area contributed by atoms with Gasteiger partial charge in [-0.15, -0.1) is 0 Å². The second kappa shape index (κ2) is 5.19. The van der Waals surface area contributed by atoms with Gasteiger partial charge in [0.1, 0.15) is 5.71 Å². The normalized spacial score (nSPS) is 22.2. The van der Waals surface area contributed by atoms with Crippen molar-refractivity contribution >= 4 is 29.0 Å². The fraction of sp³-hybridized carbons (Fsp3) is 0.333. The van der Waals surface area contributed by atoms with Crippen LogP contribution < -0.4 is 5.01 Å². The first-order valence-electron chi connectivity index (χ1n) is 5.70. The maximum absolute atomic E-state index is 12.8. The maximum Gasteiger partial charge on any atom is 0.431 e. The molecule has 0 saturated heterocycles. The van der Waals surface area contributed by atoms with Crippen LogP contribution in [0.15, 0.2) is 29.4 Å². The molecular formula is C12H10ClF3N2O3. The first-order chi connectivity index (χ1) is 9.70. The monoisotopic (exact) mass is 322 g/mol. The van der Waals surface area contributed by atoms with Crippen molar-refractivity contribution in [3.8, 4) is 0 Å². The summed E-state index contributed by atoms with van der Waals surface area (Å²) in [4.78, 5) is 11.7. The summed E-state index contributed by atoms with van der Waals surface area (Å²) in [7, 11) is 0.955. The standard InChI is InChI=1S/C12H10ClF3N2O3/c1-21-10(19)11(20)6-9(12(14,15)16)17-18(11)8-5-3-2-4-7(8)13/h2-5,20H,6H2,1H3. The van der Waals surface area contributed by atoms with Gasteiger partial charge in [0.2, 0.25) is 0 Å². The molecule has 1 aromatic carbocycles. The smallest absolute Gasteiger partial charge is 0.431 e. The first-order valence-corrected chi connectivity index (χ1v) is 6.08. The first kappa shape index (κ1) is 15.6. The zero-order valence-electron chi connectivity index (χ0n) is 10.7. The van der Waals surface area contributed by atoms with Crippen LogP contribution in [0.1, 0.15) is 6.42 Å². The van der Waals surface area contributed by atoms with E-state index in [2.05, 4.69) is 9.84 Å². The molecule has 1 aliphatic heterocycles. The van der Waals surface area contributed by atoms with Crippen LogP contribution in [0.5, 0.6) is 0 Å². The Morgan fingerprint density at radius 2 is 2.10 bits per heavy atom. The van der Waals surface area contributed by atoms with Gasteiger partial charge in [0, 0.05) is 0 Å². The Morgan fingerprint density at radius 3 is 2.62 bits per heavy atom. The minimum Gasteiger partial charge on any atom is -0.465 e. The Labute approximate surface area is 122 Å². The molecule has 0 saturated carbocycles. The van der Waals surface area contributed by atoms with Gasteiger partial charge < -0.3 is 9.84 Å². The number of halogens is 4. The molecular weight excluding hydrogens is 313 g/mol. The Bertz CT molecular complexity index is 606. The van der Waals surface area contributed by atoms with E-state index in [1.54, 1.807) is 6.07 Å².